The van der Waals surface area contributed by atoms with Gasteiger partial charge in [0.2, 0.25) is 0 Å². The van der Waals surface area contributed by atoms with Crippen molar-refractivity contribution in [2.45, 2.75) is 0 Å². The Hall–Kier alpha value is -8.12. The van der Waals surface area contributed by atoms with Gasteiger partial charge in [0, 0.05) is 69.3 Å². The van der Waals surface area contributed by atoms with Gasteiger partial charge in [0.1, 0.15) is 0 Å². The van der Waals surface area contributed by atoms with Crippen LogP contribution in [-0.2, 0) is 0 Å². The van der Waals surface area contributed by atoms with E-state index >= 15 is 0 Å². The molecule has 5 heteroatoms. The van der Waals surface area contributed by atoms with E-state index in [0.717, 1.165) is 50.3 Å². The van der Waals surface area contributed by atoms with Crippen LogP contribution in [-0.4, -0.2) is 19.1 Å². The van der Waals surface area contributed by atoms with Gasteiger partial charge in [-0.3, -0.25) is 0 Å². The summed E-state index contributed by atoms with van der Waals surface area (Å²) in [5.74, 6) is 0. The Morgan fingerprint density at radius 1 is 0.349 bits per heavy atom. The van der Waals surface area contributed by atoms with Crippen molar-refractivity contribution in [3.05, 3.63) is 206 Å². The van der Waals surface area contributed by atoms with E-state index in [2.05, 4.69) is 203 Å². The maximum atomic E-state index is 5.32. The molecule has 0 aliphatic heterocycles. The second-order valence-electron chi connectivity index (χ2n) is 16.5. The van der Waals surface area contributed by atoms with Crippen LogP contribution in [0.2, 0.25) is 0 Å². The third-order valence-corrected chi connectivity index (χ3v) is 14.2. The van der Waals surface area contributed by atoms with E-state index in [1.807, 2.05) is 23.5 Å². The number of thiophene rings is 1. The number of fused-ring (bicyclic) bond motifs is 13. The third kappa shape index (κ3) is 5.03. The molecule has 0 N–H and O–H groups in total. The highest BCUT2D eigenvalue weighted by atomic mass is 32.1. The molecule has 0 fully saturated rings. The third-order valence-electron chi connectivity index (χ3n) is 13.1. The molecule has 0 radical (unpaired) electrons. The topological polar surface area (TPSA) is 35.6 Å². The molecule has 63 heavy (non-hydrogen) atoms. The molecule has 10 aromatic carbocycles. The van der Waals surface area contributed by atoms with E-state index in [9.17, 15) is 0 Å². The van der Waals surface area contributed by atoms with Gasteiger partial charge in [-0.2, -0.15) is 0 Å². The number of para-hydroxylation sites is 4. The zero-order valence-corrected chi connectivity index (χ0v) is 34.6. The Morgan fingerprint density at radius 3 is 1.73 bits per heavy atom. The number of aromatic nitrogens is 4. The summed E-state index contributed by atoms with van der Waals surface area (Å²) in [5, 5.41) is 12.3. The average molecular weight is 819 g/mol. The number of nitrogens with zero attached hydrogens (tertiary/aromatic N) is 4. The van der Waals surface area contributed by atoms with Crippen LogP contribution < -0.4 is 0 Å². The van der Waals surface area contributed by atoms with Crippen molar-refractivity contribution in [3.63, 3.8) is 0 Å². The predicted molar refractivity (Wildman–Crippen MR) is 267 cm³/mol. The van der Waals surface area contributed by atoms with E-state index in [-0.39, 0.29) is 0 Å². The monoisotopic (exact) mass is 818 g/mol. The summed E-state index contributed by atoms with van der Waals surface area (Å²) in [6, 6.07) is 74.9. The first-order valence-electron chi connectivity index (χ1n) is 21.4. The largest absolute Gasteiger partial charge is 0.309 e. The highest BCUT2D eigenvalue weighted by molar-refractivity contribution is 7.25. The molecule has 0 aliphatic rings. The summed E-state index contributed by atoms with van der Waals surface area (Å²) in [5.41, 5.74) is 12.6. The lowest BCUT2D eigenvalue weighted by molar-refractivity contribution is 1.17. The Morgan fingerprint density at radius 2 is 0.937 bits per heavy atom. The van der Waals surface area contributed by atoms with Gasteiger partial charge < -0.3 is 9.13 Å². The van der Waals surface area contributed by atoms with E-state index < -0.39 is 0 Å². The Balaban J connectivity index is 1.02. The maximum Gasteiger partial charge on any atom is 0.0973 e. The second kappa shape index (κ2) is 13.2. The molecular formula is C58H34N4S. The zero-order valence-electron chi connectivity index (χ0n) is 33.8. The second-order valence-corrected chi connectivity index (χ2v) is 17.6. The van der Waals surface area contributed by atoms with E-state index in [1.54, 1.807) is 0 Å². The first-order chi connectivity index (χ1) is 31.2. The number of hydrogen-bond acceptors (Lipinski definition) is 3. The smallest absolute Gasteiger partial charge is 0.0973 e. The van der Waals surface area contributed by atoms with Crippen LogP contribution in [0, 0.1) is 0 Å². The molecule has 14 rings (SSSR count). The molecule has 0 unspecified atom stereocenters. The fraction of sp³-hybridized carbons (Fsp3) is 0. The molecule has 0 aliphatic carbocycles. The van der Waals surface area contributed by atoms with Crippen LogP contribution >= 0.6 is 11.3 Å². The molecule has 0 atom stereocenters. The molecule has 4 heterocycles. The molecular weight excluding hydrogens is 785 g/mol. The minimum absolute atomic E-state index is 0.869. The lowest BCUT2D eigenvalue weighted by atomic mass is 10.0. The van der Waals surface area contributed by atoms with Crippen molar-refractivity contribution in [1.29, 1.82) is 0 Å². The zero-order chi connectivity index (χ0) is 41.2. The summed E-state index contributed by atoms with van der Waals surface area (Å²) in [6.45, 7) is 0. The van der Waals surface area contributed by atoms with Gasteiger partial charge in [-0.25, -0.2) is 9.97 Å². The number of rotatable bonds is 4. The summed E-state index contributed by atoms with van der Waals surface area (Å²) in [7, 11) is 0. The summed E-state index contributed by atoms with van der Waals surface area (Å²) in [4.78, 5) is 10.6. The molecule has 0 saturated heterocycles. The quantitative estimate of drug-likeness (QED) is 0.177. The summed E-state index contributed by atoms with van der Waals surface area (Å²) in [6.07, 6.45) is 0. The predicted octanol–water partition coefficient (Wildman–Crippen LogP) is 15.8. The summed E-state index contributed by atoms with van der Waals surface area (Å²) < 4.78 is 7.55. The normalized spacial score (nSPS) is 12.1. The van der Waals surface area contributed by atoms with Crippen molar-refractivity contribution in [3.8, 4) is 33.9 Å². The van der Waals surface area contributed by atoms with E-state index in [0.29, 0.717) is 0 Å². The molecule has 0 bridgehead atoms. The first-order valence-corrected chi connectivity index (χ1v) is 22.2. The Labute approximate surface area is 365 Å². The molecule has 4 aromatic heterocycles. The van der Waals surface area contributed by atoms with E-state index in [1.165, 1.54) is 80.0 Å². The van der Waals surface area contributed by atoms with Crippen molar-refractivity contribution in [2.24, 2.45) is 0 Å². The molecule has 0 saturated carbocycles. The van der Waals surface area contributed by atoms with Crippen molar-refractivity contribution >= 4 is 108 Å². The van der Waals surface area contributed by atoms with Gasteiger partial charge in [0.25, 0.3) is 0 Å². The molecule has 0 amide bonds. The fourth-order valence-corrected chi connectivity index (χ4v) is 11.4. The lowest BCUT2D eigenvalue weighted by Gasteiger charge is -2.16. The first kappa shape index (κ1) is 34.6. The van der Waals surface area contributed by atoms with Gasteiger partial charge in [0.15, 0.2) is 0 Å². The minimum Gasteiger partial charge on any atom is -0.309 e. The van der Waals surface area contributed by atoms with Gasteiger partial charge >= 0.3 is 0 Å². The fourth-order valence-electron chi connectivity index (χ4n) is 10.3. The van der Waals surface area contributed by atoms with Crippen molar-refractivity contribution in [1.82, 2.24) is 19.1 Å². The summed E-state index contributed by atoms with van der Waals surface area (Å²) >= 11 is 1.83. The van der Waals surface area contributed by atoms with Gasteiger partial charge in [-0.05, 0) is 71.4 Å². The van der Waals surface area contributed by atoms with Crippen LogP contribution in [0.15, 0.2) is 206 Å². The molecule has 14 aromatic rings. The Bertz CT molecular complexity index is 4210. The molecule has 292 valence electrons. The molecule has 4 nitrogen and oxygen atoms in total. The van der Waals surface area contributed by atoms with Crippen LogP contribution in [0.3, 0.4) is 0 Å². The van der Waals surface area contributed by atoms with Crippen LogP contribution in [0.1, 0.15) is 0 Å². The Kier molecular flexibility index (Phi) is 7.24. The average Bonchev–Trinajstić information content (AvgIpc) is 4.00. The maximum absolute atomic E-state index is 5.32. The number of benzene rings is 10. The highest BCUT2D eigenvalue weighted by Gasteiger charge is 2.24. The SMILES string of the molecule is c1ccc2c(-n3c4ccccc4c4ccc5ccccc5c43)c3c4ccccc4n(-c4ccc(-c5nc6ccccc6nc5-c5ccc6sc7ccccc7c6c5)cc4)c3cc2c1. The van der Waals surface area contributed by atoms with Crippen LogP contribution in [0.5, 0.6) is 0 Å². The van der Waals surface area contributed by atoms with E-state index in [4.69, 9.17) is 9.97 Å². The van der Waals surface area contributed by atoms with Crippen molar-refractivity contribution < 1.29 is 0 Å². The van der Waals surface area contributed by atoms with Crippen LogP contribution in [0.4, 0.5) is 0 Å². The highest BCUT2D eigenvalue weighted by Crippen LogP contribution is 2.45. The van der Waals surface area contributed by atoms with Gasteiger partial charge in [0.05, 0.1) is 50.2 Å². The standard InChI is InChI=1S/C58H34N4S/c1-3-15-40-35(13-1)27-31-44-42-17-5-10-22-49(42)62(57(40)44)58-41-16-4-2-14-37(41)34-51-54(58)45-19-6-11-23-50(45)61(51)39-29-25-36(26-30-39)55-56(60-48-21-9-8-20-47(48)59-55)38-28-32-53-46(33-38)43-18-7-12-24-52(43)63-53/h1-34H. The minimum atomic E-state index is 0.869. The van der Waals surface area contributed by atoms with Gasteiger partial charge in [-0.1, -0.05) is 146 Å². The van der Waals surface area contributed by atoms with Gasteiger partial charge in [-0.15, -0.1) is 11.3 Å². The van der Waals surface area contributed by atoms with Crippen LogP contribution in [0.25, 0.3) is 130 Å². The molecule has 0 spiro atoms. The number of hydrogen-bond donors (Lipinski definition) is 0. The lowest BCUT2D eigenvalue weighted by Crippen LogP contribution is -1.99. The van der Waals surface area contributed by atoms with Crippen molar-refractivity contribution in [2.75, 3.05) is 0 Å².